The fourth-order valence-electron chi connectivity index (χ4n) is 2.91. The van der Waals surface area contributed by atoms with Gasteiger partial charge in [0.1, 0.15) is 0 Å². The molecule has 0 unspecified atom stereocenters. The van der Waals surface area contributed by atoms with Gasteiger partial charge in [-0.15, -0.1) is 0 Å². The minimum absolute atomic E-state index is 0.169. The Hall–Kier alpha value is -3.13. The zero-order valence-corrected chi connectivity index (χ0v) is 16.1. The number of anilines is 2. The Morgan fingerprint density at radius 3 is 2.46 bits per heavy atom. The van der Waals surface area contributed by atoms with Gasteiger partial charge in [-0.3, -0.25) is 9.10 Å². The monoisotopic (exact) mass is 400 g/mol. The van der Waals surface area contributed by atoms with Crippen LogP contribution < -0.4 is 9.62 Å². The van der Waals surface area contributed by atoms with Crippen LogP contribution in [0.15, 0.2) is 54.6 Å². The van der Waals surface area contributed by atoms with Gasteiger partial charge in [-0.25, -0.2) is 13.2 Å². The van der Waals surface area contributed by atoms with Crippen LogP contribution in [-0.2, 0) is 19.6 Å². The van der Waals surface area contributed by atoms with Gasteiger partial charge >= 0.3 is 5.97 Å². The molecule has 1 aliphatic heterocycles. The molecule has 7 nitrogen and oxygen atoms in total. The quantitative estimate of drug-likeness (QED) is 0.615. The van der Waals surface area contributed by atoms with E-state index in [9.17, 15) is 18.0 Å². The fraction of sp³-hybridized carbons (Fsp3) is 0.200. The Kier molecular flexibility index (Phi) is 5.79. The van der Waals surface area contributed by atoms with E-state index in [4.69, 9.17) is 4.74 Å². The first-order valence-electron chi connectivity index (χ1n) is 8.67. The molecule has 0 atom stereocenters. The first-order valence-corrected chi connectivity index (χ1v) is 10.3. The van der Waals surface area contributed by atoms with Crippen molar-refractivity contribution >= 4 is 39.4 Å². The zero-order valence-electron chi connectivity index (χ0n) is 15.3. The van der Waals surface area contributed by atoms with Gasteiger partial charge in [0, 0.05) is 12.6 Å². The van der Waals surface area contributed by atoms with Gasteiger partial charge in [0.25, 0.3) is 0 Å². The van der Waals surface area contributed by atoms with E-state index in [0.29, 0.717) is 24.3 Å². The maximum atomic E-state index is 12.2. The molecule has 1 amide bonds. The summed E-state index contributed by atoms with van der Waals surface area (Å²) in [4.78, 5) is 23.9. The molecular formula is C20H20N2O5S. The number of hydrogen-bond donors (Lipinski definition) is 1. The van der Waals surface area contributed by atoms with Gasteiger partial charge in [0.15, 0.2) is 0 Å². The number of rotatable bonds is 5. The maximum Gasteiger partial charge on any atom is 0.339 e. The predicted molar refractivity (Wildman–Crippen MR) is 108 cm³/mol. The maximum absolute atomic E-state index is 12.2. The SMILES string of the molecule is COC(=O)c1ccccc1NC(=O)C=Cc1ccc(N2CCCS2(=O)=O)cc1. The second-order valence-electron chi connectivity index (χ2n) is 6.19. The summed E-state index contributed by atoms with van der Waals surface area (Å²) < 4.78 is 30.0. The van der Waals surface area contributed by atoms with Gasteiger partial charge in [0.05, 0.1) is 29.8 Å². The van der Waals surface area contributed by atoms with Crippen LogP contribution in [0, 0.1) is 0 Å². The van der Waals surface area contributed by atoms with Crippen molar-refractivity contribution in [3.8, 4) is 0 Å². The van der Waals surface area contributed by atoms with Crippen LogP contribution in [0.4, 0.5) is 11.4 Å². The summed E-state index contributed by atoms with van der Waals surface area (Å²) in [6.45, 7) is 0.486. The van der Waals surface area contributed by atoms with E-state index in [1.807, 2.05) is 0 Å². The molecule has 1 heterocycles. The van der Waals surface area contributed by atoms with E-state index in [0.717, 1.165) is 5.56 Å². The largest absolute Gasteiger partial charge is 0.465 e. The first kappa shape index (κ1) is 19.6. The lowest BCUT2D eigenvalue weighted by atomic mass is 10.1. The number of methoxy groups -OCH3 is 1. The standard InChI is InChI=1S/C20H20N2O5S/c1-27-20(24)17-5-2-3-6-18(17)21-19(23)12-9-15-7-10-16(11-8-15)22-13-4-14-28(22,25)26/h2-3,5-12H,4,13-14H2,1H3,(H,21,23). The van der Waals surface area contributed by atoms with E-state index in [1.165, 1.54) is 17.5 Å². The number of sulfonamides is 1. The summed E-state index contributed by atoms with van der Waals surface area (Å²) in [5.41, 5.74) is 1.99. The number of esters is 1. The third-order valence-corrected chi connectivity index (χ3v) is 6.17. The van der Waals surface area contributed by atoms with Gasteiger partial charge in [-0.05, 0) is 42.3 Å². The van der Waals surface area contributed by atoms with Crippen molar-refractivity contribution in [2.75, 3.05) is 29.0 Å². The second kappa shape index (κ2) is 8.26. The third-order valence-electron chi connectivity index (χ3n) is 4.30. The lowest BCUT2D eigenvalue weighted by molar-refractivity contribution is -0.111. The van der Waals surface area contributed by atoms with Gasteiger partial charge in [-0.2, -0.15) is 0 Å². The average molecular weight is 400 g/mol. The minimum atomic E-state index is -3.21. The molecule has 1 aliphatic rings. The Morgan fingerprint density at radius 1 is 1.11 bits per heavy atom. The summed E-state index contributed by atoms with van der Waals surface area (Å²) in [6, 6.07) is 13.5. The van der Waals surface area contributed by atoms with Crippen LogP contribution in [0.25, 0.3) is 6.08 Å². The van der Waals surface area contributed by atoms with Gasteiger partial charge in [0.2, 0.25) is 15.9 Å². The van der Waals surface area contributed by atoms with Crippen molar-refractivity contribution in [3.05, 3.63) is 65.7 Å². The number of para-hydroxylation sites is 1. The molecule has 0 saturated carbocycles. The lowest BCUT2D eigenvalue weighted by Gasteiger charge is -2.16. The van der Waals surface area contributed by atoms with E-state index in [-0.39, 0.29) is 11.3 Å². The van der Waals surface area contributed by atoms with Crippen molar-refractivity contribution in [1.82, 2.24) is 0 Å². The molecule has 0 radical (unpaired) electrons. The fourth-order valence-corrected chi connectivity index (χ4v) is 4.47. The number of amides is 1. The normalized spacial score (nSPS) is 15.5. The van der Waals surface area contributed by atoms with Crippen LogP contribution in [0.1, 0.15) is 22.3 Å². The third kappa shape index (κ3) is 4.40. The smallest absolute Gasteiger partial charge is 0.339 e. The molecule has 28 heavy (non-hydrogen) atoms. The molecule has 0 aromatic heterocycles. The summed E-state index contributed by atoms with van der Waals surface area (Å²) in [7, 11) is -1.94. The molecule has 1 N–H and O–H groups in total. The second-order valence-corrected chi connectivity index (χ2v) is 8.21. The minimum Gasteiger partial charge on any atom is -0.465 e. The van der Waals surface area contributed by atoms with E-state index < -0.39 is 21.9 Å². The van der Waals surface area contributed by atoms with E-state index in [1.54, 1.807) is 54.6 Å². The Bertz CT molecular complexity index is 1010. The topological polar surface area (TPSA) is 92.8 Å². The Balaban J connectivity index is 1.68. The number of carbonyl (C=O) groups excluding carboxylic acids is 2. The summed E-state index contributed by atoms with van der Waals surface area (Å²) in [6.07, 6.45) is 3.57. The van der Waals surface area contributed by atoms with Crippen molar-refractivity contribution in [3.63, 3.8) is 0 Å². The molecule has 0 spiro atoms. The molecule has 1 saturated heterocycles. The van der Waals surface area contributed by atoms with Crippen LogP contribution in [0.3, 0.4) is 0 Å². The molecule has 1 fully saturated rings. The molecule has 2 aromatic carbocycles. The molecular weight excluding hydrogens is 380 g/mol. The van der Waals surface area contributed by atoms with Crippen molar-refractivity contribution in [2.24, 2.45) is 0 Å². The zero-order chi connectivity index (χ0) is 20.1. The number of hydrogen-bond acceptors (Lipinski definition) is 5. The highest BCUT2D eigenvalue weighted by molar-refractivity contribution is 7.93. The van der Waals surface area contributed by atoms with Crippen molar-refractivity contribution < 1.29 is 22.7 Å². The molecule has 0 aliphatic carbocycles. The summed E-state index contributed by atoms with van der Waals surface area (Å²) in [5, 5.41) is 2.65. The average Bonchev–Trinajstić information content (AvgIpc) is 3.05. The summed E-state index contributed by atoms with van der Waals surface area (Å²) >= 11 is 0. The highest BCUT2D eigenvalue weighted by Gasteiger charge is 2.28. The Morgan fingerprint density at radius 2 is 1.82 bits per heavy atom. The van der Waals surface area contributed by atoms with E-state index >= 15 is 0 Å². The number of nitrogens with one attached hydrogen (secondary N) is 1. The van der Waals surface area contributed by atoms with Crippen molar-refractivity contribution in [1.29, 1.82) is 0 Å². The summed E-state index contributed by atoms with van der Waals surface area (Å²) in [5.74, 6) is -0.767. The molecule has 146 valence electrons. The first-order chi connectivity index (χ1) is 13.4. The van der Waals surface area contributed by atoms with Crippen LogP contribution in [-0.4, -0.2) is 39.7 Å². The number of carbonyl (C=O) groups is 2. The highest BCUT2D eigenvalue weighted by atomic mass is 32.2. The van der Waals surface area contributed by atoms with Gasteiger partial charge in [-0.1, -0.05) is 24.3 Å². The number of ether oxygens (including phenoxy) is 1. The molecule has 3 rings (SSSR count). The Labute approximate surface area is 163 Å². The number of nitrogens with zero attached hydrogens (tertiary/aromatic N) is 1. The lowest BCUT2D eigenvalue weighted by Crippen LogP contribution is -2.24. The van der Waals surface area contributed by atoms with E-state index in [2.05, 4.69) is 5.32 Å². The van der Waals surface area contributed by atoms with Crippen LogP contribution in [0.5, 0.6) is 0 Å². The predicted octanol–water partition coefficient (Wildman–Crippen LogP) is 2.67. The van der Waals surface area contributed by atoms with Crippen LogP contribution >= 0.6 is 0 Å². The van der Waals surface area contributed by atoms with Gasteiger partial charge < -0.3 is 10.1 Å². The molecule has 2 aromatic rings. The van der Waals surface area contributed by atoms with Crippen molar-refractivity contribution in [2.45, 2.75) is 6.42 Å². The highest BCUT2D eigenvalue weighted by Crippen LogP contribution is 2.24. The van der Waals surface area contributed by atoms with Crippen LogP contribution in [0.2, 0.25) is 0 Å². The number of benzene rings is 2. The molecule has 0 bridgehead atoms. The molecule has 8 heteroatoms.